The molecule has 17 heavy (non-hydrogen) atoms. The second kappa shape index (κ2) is 4.98. The van der Waals surface area contributed by atoms with Crippen LogP contribution in [0.2, 0.25) is 0 Å². The first-order valence-electron chi connectivity index (χ1n) is 6.21. The van der Waals surface area contributed by atoms with E-state index in [4.69, 9.17) is 5.73 Å². The number of rotatable bonds is 4. The zero-order valence-electron chi connectivity index (χ0n) is 9.84. The van der Waals surface area contributed by atoms with Crippen LogP contribution in [0.3, 0.4) is 0 Å². The molecular weight excluding hydrogens is 229 g/mol. The van der Waals surface area contributed by atoms with Crippen molar-refractivity contribution in [3.05, 3.63) is 11.6 Å². The summed E-state index contributed by atoms with van der Waals surface area (Å²) < 4.78 is 37.2. The predicted molar refractivity (Wildman–Crippen MR) is 60.5 cm³/mol. The molecule has 1 atom stereocenters. The summed E-state index contributed by atoms with van der Waals surface area (Å²) in [7, 11) is 0. The van der Waals surface area contributed by atoms with Gasteiger partial charge in [0.05, 0.1) is 0 Å². The lowest BCUT2D eigenvalue weighted by molar-refractivity contribution is -0.0960. The van der Waals surface area contributed by atoms with Gasteiger partial charge in [0.1, 0.15) is 0 Å². The van der Waals surface area contributed by atoms with E-state index in [1.165, 1.54) is 18.9 Å². The highest BCUT2D eigenvalue weighted by Gasteiger charge is 2.35. The van der Waals surface area contributed by atoms with Crippen LogP contribution in [-0.4, -0.2) is 36.8 Å². The van der Waals surface area contributed by atoms with Crippen molar-refractivity contribution >= 4 is 0 Å². The molecule has 1 saturated carbocycles. The van der Waals surface area contributed by atoms with Crippen LogP contribution >= 0.6 is 0 Å². The summed E-state index contributed by atoms with van der Waals surface area (Å²) in [6, 6.07) is 0.239. The Morgan fingerprint density at radius 1 is 1.41 bits per heavy atom. The third-order valence-corrected chi connectivity index (χ3v) is 3.66. The van der Waals surface area contributed by atoms with Crippen molar-refractivity contribution in [3.63, 3.8) is 0 Å². The summed E-state index contributed by atoms with van der Waals surface area (Å²) in [6.45, 7) is 1.73. The molecule has 98 valence electrons. The molecule has 0 amide bonds. The summed E-state index contributed by atoms with van der Waals surface area (Å²) in [5, 5.41) is 0. The molecule has 0 saturated heterocycles. The highest BCUT2D eigenvalue weighted by atomic mass is 19.4. The standard InChI is InChI=1S/C12H19F3N2/c13-12(14,15)10-3-6-17(7-4-10)8-5-11(16)9-1-2-9/h3,9,11H,1-2,4-8,16H2. The van der Waals surface area contributed by atoms with Crippen LogP contribution in [0.4, 0.5) is 13.2 Å². The second-order valence-corrected chi connectivity index (χ2v) is 5.07. The van der Waals surface area contributed by atoms with Gasteiger partial charge in [-0.3, -0.25) is 4.90 Å². The largest absolute Gasteiger partial charge is 0.412 e. The van der Waals surface area contributed by atoms with E-state index in [0.717, 1.165) is 13.0 Å². The number of alkyl halides is 3. The van der Waals surface area contributed by atoms with Gasteiger partial charge in [0.2, 0.25) is 0 Å². The molecule has 0 spiro atoms. The fraction of sp³-hybridized carbons (Fsp3) is 0.833. The summed E-state index contributed by atoms with van der Waals surface area (Å²) in [5.41, 5.74) is 5.60. The highest BCUT2D eigenvalue weighted by molar-refractivity contribution is 5.13. The molecule has 1 heterocycles. The predicted octanol–water partition coefficient (Wildman–Crippen LogP) is 2.31. The van der Waals surface area contributed by atoms with Gasteiger partial charge in [0.25, 0.3) is 0 Å². The fourth-order valence-corrected chi connectivity index (χ4v) is 2.26. The molecule has 0 aromatic carbocycles. The van der Waals surface area contributed by atoms with Gasteiger partial charge in [0, 0.05) is 24.7 Å². The Kier molecular flexibility index (Phi) is 3.78. The monoisotopic (exact) mass is 248 g/mol. The Labute approximate surface area is 99.6 Å². The van der Waals surface area contributed by atoms with Crippen LogP contribution in [0.5, 0.6) is 0 Å². The summed E-state index contributed by atoms with van der Waals surface area (Å²) >= 11 is 0. The Balaban J connectivity index is 1.73. The van der Waals surface area contributed by atoms with E-state index in [0.29, 0.717) is 19.0 Å². The van der Waals surface area contributed by atoms with Crippen molar-refractivity contribution in [2.24, 2.45) is 11.7 Å². The molecule has 5 heteroatoms. The zero-order valence-corrected chi connectivity index (χ0v) is 9.84. The maximum absolute atomic E-state index is 12.4. The minimum atomic E-state index is -4.14. The van der Waals surface area contributed by atoms with Crippen LogP contribution in [0.1, 0.15) is 25.7 Å². The summed E-state index contributed by atoms with van der Waals surface area (Å²) in [6.07, 6.45) is 0.628. The Morgan fingerprint density at radius 2 is 2.12 bits per heavy atom. The molecule has 0 aromatic rings. The fourth-order valence-electron chi connectivity index (χ4n) is 2.26. The van der Waals surface area contributed by atoms with E-state index in [9.17, 15) is 13.2 Å². The van der Waals surface area contributed by atoms with Crippen LogP contribution < -0.4 is 5.73 Å². The van der Waals surface area contributed by atoms with E-state index in [-0.39, 0.29) is 18.0 Å². The third kappa shape index (κ3) is 3.71. The van der Waals surface area contributed by atoms with Crippen molar-refractivity contribution in [3.8, 4) is 0 Å². The van der Waals surface area contributed by atoms with Crippen LogP contribution in [-0.2, 0) is 0 Å². The van der Waals surface area contributed by atoms with Crippen molar-refractivity contribution in [2.75, 3.05) is 19.6 Å². The van der Waals surface area contributed by atoms with Gasteiger partial charge >= 0.3 is 6.18 Å². The molecule has 1 aliphatic heterocycles. The molecule has 0 radical (unpaired) electrons. The molecule has 2 nitrogen and oxygen atoms in total. The van der Waals surface area contributed by atoms with Crippen molar-refractivity contribution < 1.29 is 13.2 Å². The van der Waals surface area contributed by atoms with E-state index in [2.05, 4.69) is 4.90 Å². The normalized spacial score (nSPS) is 24.6. The number of hydrogen-bond donors (Lipinski definition) is 1. The second-order valence-electron chi connectivity index (χ2n) is 5.07. The van der Waals surface area contributed by atoms with Gasteiger partial charge in [-0.2, -0.15) is 13.2 Å². The molecular formula is C12H19F3N2. The quantitative estimate of drug-likeness (QED) is 0.774. The first-order valence-corrected chi connectivity index (χ1v) is 6.21. The SMILES string of the molecule is NC(CCN1CC=C(C(F)(F)F)CC1)C1CC1. The number of hydrogen-bond acceptors (Lipinski definition) is 2. The molecule has 2 aliphatic rings. The number of nitrogens with zero attached hydrogens (tertiary/aromatic N) is 1. The minimum absolute atomic E-state index is 0.113. The third-order valence-electron chi connectivity index (χ3n) is 3.66. The molecule has 1 unspecified atom stereocenters. The van der Waals surface area contributed by atoms with Gasteiger partial charge in [-0.1, -0.05) is 6.08 Å². The molecule has 2 rings (SSSR count). The van der Waals surface area contributed by atoms with Gasteiger partial charge in [-0.05, 0) is 38.1 Å². The van der Waals surface area contributed by atoms with E-state index < -0.39 is 6.18 Å². The van der Waals surface area contributed by atoms with Crippen LogP contribution in [0.15, 0.2) is 11.6 Å². The number of nitrogens with two attached hydrogens (primary N) is 1. The van der Waals surface area contributed by atoms with Gasteiger partial charge < -0.3 is 5.73 Å². The first-order chi connectivity index (χ1) is 7.97. The maximum Gasteiger partial charge on any atom is 0.412 e. The summed E-state index contributed by atoms with van der Waals surface area (Å²) in [5.74, 6) is 0.668. The lowest BCUT2D eigenvalue weighted by Crippen LogP contribution is -2.36. The van der Waals surface area contributed by atoms with Crippen LogP contribution in [0, 0.1) is 5.92 Å². The molecule has 0 aromatic heterocycles. The van der Waals surface area contributed by atoms with Crippen molar-refractivity contribution in [2.45, 2.75) is 37.9 Å². The molecule has 1 fully saturated rings. The molecule has 2 N–H and O–H groups in total. The zero-order chi connectivity index (χ0) is 12.5. The van der Waals surface area contributed by atoms with Gasteiger partial charge in [-0.25, -0.2) is 0 Å². The minimum Gasteiger partial charge on any atom is -0.327 e. The Bertz CT molecular complexity index is 295. The van der Waals surface area contributed by atoms with Crippen molar-refractivity contribution in [1.82, 2.24) is 4.90 Å². The lowest BCUT2D eigenvalue weighted by Gasteiger charge is -2.28. The average Bonchev–Trinajstić information content (AvgIpc) is 3.09. The lowest BCUT2D eigenvalue weighted by atomic mass is 10.1. The van der Waals surface area contributed by atoms with Gasteiger partial charge in [-0.15, -0.1) is 0 Å². The average molecular weight is 248 g/mol. The molecule has 0 bridgehead atoms. The Hall–Kier alpha value is -0.550. The highest BCUT2D eigenvalue weighted by Crippen LogP contribution is 2.33. The van der Waals surface area contributed by atoms with Gasteiger partial charge in [0.15, 0.2) is 0 Å². The Morgan fingerprint density at radius 3 is 2.59 bits per heavy atom. The topological polar surface area (TPSA) is 29.3 Å². The van der Waals surface area contributed by atoms with Crippen LogP contribution in [0.25, 0.3) is 0 Å². The van der Waals surface area contributed by atoms with E-state index >= 15 is 0 Å². The van der Waals surface area contributed by atoms with E-state index in [1.54, 1.807) is 0 Å². The maximum atomic E-state index is 12.4. The van der Waals surface area contributed by atoms with Crippen molar-refractivity contribution in [1.29, 1.82) is 0 Å². The summed E-state index contributed by atoms with van der Waals surface area (Å²) in [4.78, 5) is 2.05. The first kappa shape index (κ1) is 12.9. The number of halogens is 3. The van der Waals surface area contributed by atoms with E-state index in [1.807, 2.05) is 0 Å². The smallest absolute Gasteiger partial charge is 0.327 e. The molecule has 1 aliphatic carbocycles.